The Labute approximate surface area is 286 Å². The van der Waals surface area contributed by atoms with Crippen LogP contribution in [-0.4, -0.2) is 4.57 Å². The summed E-state index contributed by atoms with van der Waals surface area (Å²) in [5, 5.41) is 5.62. The molecule has 5 rings (SSSR count). The van der Waals surface area contributed by atoms with Gasteiger partial charge in [0.05, 0.1) is 5.52 Å². The van der Waals surface area contributed by atoms with E-state index in [2.05, 4.69) is 88.9 Å². The molecule has 0 fully saturated rings. The molecule has 0 N–H and O–H groups in total. The smallest absolute Gasteiger partial charge is 0.0506 e. The average molecular weight is 689 g/mol. The molecule has 0 aliphatic heterocycles. The zero-order valence-corrected chi connectivity index (χ0v) is 30.8. The van der Waals surface area contributed by atoms with Crippen LogP contribution in [0.3, 0.4) is 0 Å². The Morgan fingerprint density at radius 3 is 1.71 bits per heavy atom. The molecule has 0 aliphatic carbocycles. The molecular formula is C42H58BrNS. The second-order valence-corrected chi connectivity index (χ2v) is 15.8. The second kappa shape index (κ2) is 18.5. The van der Waals surface area contributed by atoms with Crippen LogP contribution in [-0.2, 0) is 6.54 Å². The first-order valence-electron chi connectivity index (χ1n) is 18.7. The van der Waals surface area contributed by atoms with Gasteiger partial charge in [0.2, 0.25) is 0 Å². The SMILES string of the molecule is CCCCCCCCCCCCC(CCCCCCCCCC)Cn1c2ccccc2c2cc3c(cc21)sc1cc(Br)ccc13. The van der Waals surface area contributed by atoms with Crippen LogP contribution < -0.4 is 0 Å². The summed E-state index contributed by atoms with van der Waals surface area (Å²) in [5.41, 5.74) is 2.85. The zero-order valence-electron chi connectivity index (χ0n) is 28.4. The third-order valence-electron chi connectivity index (χ3n) is 10.2. The molecule has 0 bridgehead atoms. The lowest BCUT2D eigenvalue weighted by molar-refractivity contribution is 0.364. The molecule has 1 unspecified atom stereocenters. The highest BCUT2D eigenvalue weighted by atomic mass is 79.9. The lowest BCUT2D eigenvalue weighted by Crippen LogP contribution is -2.11. The fourth-order valence-corrected chi connectivity index (χ4v) is 9.23. The number of hydrogen-bond acceptors (Lipinski definition) is 1. The molecule has 1 nitrogen and oxygen atoms in total. The minimum Gasteiger partial charge on any atom is -0.340 e. The number of hydrogen-bond donors (Lipinski definition) is 0. The number of nitrogens with zero attached hydrogens (tertiary/aromatic N) is 1. The van der Waals surface area contributed by atoms with Crippen LogP contribution in [0.4, 0.5) is 0 Å². The minimum absolute atomic E-state index is 0.757. The molecule has 0 spiro atoms. The molecule has 3 heteroatoms. The number of benzene rings is 3. The lowest BCUT2D eigenvalue weighted by Gasteiger charge is -2.20. The fraction of sp³-hybridized carbons (Fsp3) is 0.571. The third kappa shape index (κ3) is 9.60. The molecule has 5 aromatic rings. The Kier molecular flexibility index (Phi) is 14.2. The monoisotopic (exact) mass is 687 g/mol. The molecule has 3 aromatic carbocycles. The number of unbranched alkanes of at least 4 members (excludes halogenated alkanes) is 16. The summed E-state index contributed by atoms with van der Waals surface area (Å²) in [6.07, 6.45) is 28.2. The van der Waals surface area contributed by atoms with Crippen LogP contribution in [0.2, 0.25) is 0 Å². The van der Waals surface area contributed by atoms with Gasteiger partial charge >= 0.3 is 0 Å². The Hall–Kier alpha value is -1.84. The number of rotatable bonds is 22. The van der Waals surface area contributed by atoms with Gasteiger partial charge in [0.15, 0.2) is 0 Å². The lowest BCUT2D eigenvalue weighted by atomic mass is 9.93. The molecule has 1 atom stereocenters. The van der Waals surface area contributed by atoms with Crippen LogP contribution in [0.25, 0.3) is 42.0 Å². The van der Waals surface area contributed by atoms with E-state index in [0.29, 0.717) is 0 Å². The minimum atomic E-state index is 0.757. The fourth-order valence-electron chi connectivity index (χ4n) is 7.56. The molecule has 0 radical (unpaired) electrons. The first kappa shape index (κ1) is 34.5. The van der Waals surface area contributed by atoms with E-state index in [1.807, 2.05) is 11.3 Å². The highest BCUT2D eigenvalue weighted by molar-refractivity contribution is 9.10. The van der Waals surface area contributed by atoms with Crippen molar-refractivity contribution in [3.8, 4) is 0 Å². The number of fused-ring (bicyclic) bond motifs is 6. The van der Waals surface area contributed by atoms with Gasteiger partial charge in [0.25, 0.3) is 0 Å². The molecule has 45 heavy (non-hydrogen) atoms. The van der Waals surface area contributed by atoms with Gasteiger partial charge in [0, 0.05) is 47.5 Å². The van der Waals surface area contributed by atoms with E-state index in [-0.39, 0.29) is 0 Å². The maximum Gasteiger partial charge on any atom is 0.0506 e. The van der Waals surface area contributed by atoms with Gasteiger partial charge in [-0.25, -0.2) is 0 Å². The van der Waals surface area contributed by atoms with Crippen LogP contribution in [0.15, 0.2) is 59.1 Å². The summed E-state index contributed by atoms with van der Waals surface area (Å²) in [6.45, 7) is 5.78. The summed E-state index contributed by atoms with van der Waals surface area (Å²) < 4.78 is 6.65. The zero-order chi connectivity index (χ0) is 31.3. The molecule has 0 amide bonds. The second-order valence-electron chi connectivity index (χ2n) is 13.8. The first-order valence-corrected chi connectivity index (χ1v) is 20.3. The number of para-hydroxylation sites is 1. The van der Waals surface area contributed by atoms with Crippen molar-refractivity contribution < 1.29 is 0 Å². The van der Waals surface area contributed by atoms with E-state index in [4.69, 9.17) is 0 Å². The Balaban J connectivity index is 1.28. The largest absolute Gasteiger partial charge is 0.340 e. The molecule has 244 valence electrons. The van der Waals surface area contributed by atoms with E-state index in [1.54, 1.807) is 0 Å². The van der Waals surface area contributed by atoms with Crippen LogP contribution in [0.5, 0.6) is 0 Å². The number of aromatic nitrogens is 1. The van der Waals surface area contributed by atoms with Gasteiger partial charge in [-0.2, -0.15) is 0 Å². The van der Waals surface area contributed by atoms with Gasteiger partial charge in [-0.1, -0.05) is 170 Å². The molecule has 0 saturated heterocycles. The van der Waals surface area contributed by atoms with Crippen LogP contribution in [0.1, 0.15) is 142 Å². The highest BCUT2D eigenvalue weighted by Crippen LogP contribution is 2.41. The highest BCUT2D eigenvalue weighted by Gasteiger charge is 2.18. The van der Waals surface area contributed by atoms with Crippen molar-refractivity contribution in [1.82, 2.24) is 4.57 Å². The van der Waals surface area contributed by atoms with E-state index >= 15 is 0 Å². The molecule has 2 heterocycles. The predicted octanol–water partition coefficient (Wildman–Crippen LogP) is 15.4. The van der Waals surface area contributed by atoms with Crippen LogP contribution in [0, 0.1) is 5.92 Å². The molecular weight excluding hydrogens is 630 g/mol. The van der Waals surface area contributed by atoms with Crippen molar-refractivity contribution in [1.29, 1.82) is 0 Å². The van der Waals surface area contributed by atoms with Crippen LogP contribution >= 0.6 is 27.3 Å². The normalized spacial score (nSPS) is 12.8. The van der Waals surface area contributed by atoms with Gasteiger partial charge in [-0.3, -0.25) is 0 Å². The average Bonchev–Trinajstić information content (AvgIpc) is 3.55. The first-order chi connectivity index (χ1) is 22.2. The Morgan fingerprint density at radius 1 is 0.533 bits per heavy atom. The number of halogens is 1. The third-order valence-corrected chi connectivity index (χ3v) is 11.8. The van der Waals surface area contributed by atoms with Crippen molar-refractivity contribution in [2.75, 3.05) is 0 Å². The van der Waals surface area contributed by atoms with Crippen molar-refractivity contribution in [2.45, 2.75) is 149 Å². The van der Waals surface area contributed by atoms with Crippen molar-refractivity contribution in [2.24, 2.45) is 5.92 Å². The van der Waals surface area contributed by atoms with Crippen molar-refractivity contribution in [3.63, 3.8) is 0 Å². The Morgan fingerprint density at radius 2 is 1.09 bits per heavy atom. The summed E-state index contributed by atoms with van der Waals surface area (Å²) in [7, 11) is 0. The molecule has 2 aromatic heterocycles. The van der Waals surface area contributed by atoms with E-state index in [9.17, 15) is 0 Å². The summed E-state index contributed by atoms with van der Waals surface area (Å²) in [5.74, 6) is 0.757. The predicted molar refractivity (Wildman–Crippen MR) is 207 cm³/mol. The molecule has 0 saturated carbocycles. The van der Waals surface area contributed by atoms with Crippen molar-refractivity contribution in [3.05, 3.63) is 59.1 Å². The number of thiophene rings is 1. The van der Waals surface area contributed by atoms with E-state index in [0.717, 1.165) is 16.9 Å². The maximum atomic E-state index is 3.69. The quantitative estimate of drug-likeness (QED) is 0.0638. The summed E-state index contributed by atoms with van der Waals surface area (Å²) in [6, 6.07) is 20.9. The topological polar surface area (TPSA) is 4.93 Å². The Bertz CT molecular complexity index is 1590. The van der Waals surface area contributed by atoms with Crippen molar-refractivity contribution >= 4 is 69.2 Å². The van der Waals surface area contributed by atoms with Gasteiger partial charge in [0.1, 0.15) is 0 Å². The maximum absolute atomic E-state index is 3.69. The van der Waals surface area contributed by atoms with Gasteiger partial charge in [-0.15, -0.1) is 11.3 Å². The summed E-state index contributed by atoms with van der Waals surface area (Å²) >= 11 is 5.63. The van der Waals surface area contributed by atoms with Gasteiger partial charge in [-0.05, 0) is 49.1 Å². The molecule has 0 aliphatic rings. The summed E-state index contributed by atoms with van der Waals surface area (Å²) in [4.78, 5) is 0. The van der Waals surface area contributed by atoms with E-state index in [1.165, 1.54) is 170 Å². The standard InChI is InChI=1S/C42H58BrNS/c1-3-5-7-9-11-13-14-16-18-20-24-33(23-19-17-15-12-10-8-6-4-2)32-44-39-26-22-21-25-35(39)37-30-38-36-28-27-34(43)29-41(36)45-42(38)31-40(37)44/h21-22,25-31,33H,3-20,23-24,32H2,1-2H3. The van der Waals surface area contributed by atoms with E-state index < -0.39 is 0 Å². The van der Waals surface area contributed by atoms with Gasteiger partial charge < -0.3 is 4.57 Å².